The summed E-state index contributed by atoms with van der Waals surface area (Å²) in [6, 6.07) is 6.03. The summed E-state index contributed by atoms with van der Waals surface area (Å²) in [6.07, 6.45) is 3.02. The number of hydrogen-bond acceptors (Lipinski definition) is 6. The van der Waals surface area contributed by atoms with Crippen molar-refractivity contribution in [2.75, 3.05) is 18.6 Å². The van der Waals surface area contributed by atoms with Gasteiger partial charge in [0.1, 0.15) is 6.26 Å². The van der Waals surface area contributed by atoms with Crippen molar-refractivity contribution in [3.63, 3.8) is 0 Å². The molecule has 0 bridgehead atoms. The Balaban J connectivity index is 2.04. The standard InChI is InChI=1S/C13H15N3O3/c1-3-18-12(17)11-9-19-13(15-11)16(2)8-10-6-4-5-7-14-10/h4-7,9H,3,8H2,1-2H3. The number of rotatable bonds is 5. The van der Waals surface area contributed by atoms with E-state index in [1.807, 2.05) is 25.2 Å². The minimum atomic E-state index is -0.483. The van der Waals surface area contributed by atoms with Gasteiger partial charge in [0.2, 0.25) is 0 Å². The zero-order valence-corrected chi connectivity index (χ0v) is 10.9. The van der Waals surface area contributed by atoms with E-state index < -0.39 is 5.97 Å². The number of hydrogen-bond donors (Lipinski definition) is 0. The Kier molecular flexibility index (Phi) is 4.12. The smallest absolute Gasteiger partial charge is 0.360 e. The van der Waals surface area contributed by atoms with Gasteiger partial charge < -0.3 is 14.1 Å². The third-order valence-corrected chi connectivity index (χ3v) is 2.43. The van der Waals surface area contributed by atoms with Crippen LogP contribution in [0.15, 0.2) is 35.1 Å². The zero-order valence-electron chi connectivity index (χ0n) is 10.9. The van der Waals surface area contributed by atoms with E-state index in [2.05, 4.69) is 9.97 Å². The van der Waals surface area contributed by atoms with Gasteiger partial charge in [0.05, 0.1) is 18.8 Å². The average Bonchev–Trinajstić information content (AvgIpc) is 2.90. The molecule has 100 valence electrons. The van der Waals surface area contributed by atoms with Crippen molar-refractivity contribution in [2.45, 2.75) is 13.5 Å². The highest BCUT2D eigenvalue weighted by Gasteiger charge is 2.15. The molecule has 19 heavy (non-hydrogen) atoms. The second-order valence-electron chi connectivity index (χ2n) is 3.91. The summed E-state index contributed by atoms with van der Waals surface area (Å²) in [5.41, 5.74) is 1.06. The van der Waals surface area contributed by atoms with E-state index in [0.717, 1.165) is 5.69 Å². The van der Waals surface area contributed by atoms with Gasteiger partial charge in [0, 0.05) is 13.2 Å². The van der Waals surface area contributed by atoms with E-state index in [1.54, 1.807) is 18.0 Å². The monoisotopic (exact) mass is 261 g/mol. The Bertz CT molecular complexity index is 539. The molecule has 0 atom stereocenters. The quantitative estimate of drug-likeness (QED) is 0.765. The summed E-state index contributed by atoms with van der Waals surface area (Å²) < 4.78 is 10.1. The molecule has 0 spiro atoms. The Hall–Kier alpha value is -2.37. The zero-order chi connectivity index (χ0) is 13.7. The number of aromatic nitrogens is 2. The van der Waals surface area contributed by atoms with Crippen LogP contribution in [-0.2, 0) is 11.3 Å². The van der Waals surface area contributed by atoms with Gasteiger partial charge in [-0.3, -0.25) is 4.98 Å². The van der Waals surface area contributed by atoms with Crippen molar-refractivity contribution in [1.29, 1.82) is 0 Å². The number of anilines is 1. The third-order valence-electron chi connectivity index (χ3n) is 2.43. The molecule has 0 unspecified atom stereocenters. The predicted molar refractivity (Wildman–Crippen MR) is 68.8 cm³/mol. The van der Waals surface area contributed by atoms with Gasteiger partial charge >= 0.3 is 5.97 Å². The Labute approximate surface area is 111 Å². The van der Waals surface area contributed by atoms with Crippen molar-refractivity contribution >= 4 is 12.0 Å². The number of nitrogens with zero attached hydrogens (tertiary/aromatic N) is 3. The SMILES string of the molecule is CCOC(=O)c1coc(N(C)Cc2ccccn2)n1. The first-order valence-electron chi connectivity index (χ1n) is 5.94. The van der Waals surface area contributed by atoms with Crippen molar-refractivity contribution in [2.24, 2.45) is 0 Å². The summed E-state index contributed by atoms with van der Waals surface area (Å²) in [7, 11) is 1.81. The fraction of sp³-hybridized carbons (Fsp3) is 0.308. The molecule has 0 radical (unpaired) electrons. The molecule has 0 N–H and O–H groups in total. The first-order chi connectivity index (χ1) is 9.20. The molecular formula is C13H15N3O3. The molecule has 0 aliphatic rings. The third kappa shape index (κ3) is 3.31. The van der Waals surface area contributed by atoms with E-state index in [1.165, 1.54) is 6.26 Å². The fourth-order valence-electron chi connectivity index (χ4n) is 1.54. The number of pyridine rings is 1. The van der Waals surface area contributed by atoms with Gasteiger partial charge in [0.15, 0.2) is 5.69 Å². The van der Waals surface area contributed by atoms with Crippen LogP contribution in [0.25, 0.3) is 0 Å². The molecule has 2 heterocycles. The van der Waals surface area contributed by atoms with Gasteiger partial charge in [-0.1, -0.05) is 6.07 Å². The maximum Gasteiger partial charge on any atom is 0.360 e. The van der Waals surface area contributed by atoms with E-state index in [9.17, 15) is 4.79 Å². The lowest BCUT2D eigenvalue weighted by Crippen LogP contribution is -2.17. The van der Waals surface area contributed by atoms with Crippen LogP contribution < -0.4 is 4.90 Å². The Morgan fingerprint density at radius 3 is 3.00 bits per heavy atom. The maximum absolute atomic E-state index is 11.5. The lowest BCUT2D eigenvalue weighted by atomic mass is 10.3. The van der Waals surface area contributed by atoms with Crippen molar-refractivity contribution in [1.82, 2.24) is 9.97 Å². The largest absolute Gasteiger partial charge is 0.461 e. The summed E-state index contributed by atoms with van der Waals surface area (Å²) in [5, 5.41) is 0. The maximum atomic E-state index is 11.5. The van der Waals surface area contributed by atoms with Crippen LogP contribution in [0.1, 0.15) is 23.1 Å². The van der Waals surface area contributed by atoms with Crippen molar-refractivity contribution in [3.05, 3.63) is 42.0 Å². The van der Waals surface area contributed by atoms with Crippen LogP contribution in [0, 0.1) is 0 Å². The van der Waals surface area contributed by atoms with E-state index in [-0.39, 0.29) is 5.69 Å². The van der Waals surface area contributed by atoms with Gasteiger partial charge in [-0.05, 0) is 19.1 Å². The van der Waals surface area contributed by atoms with Crippen LogP contribution in [0.4, 0.5) is 6.01 Å². The van der Waals surface area contributed by atoms with Crippen LogP contribution in [0.2, 0.25) is 0 Å². The molecule has 0 saturated heterocycles. The van der Waals surface area contributed by atoms with Gasteiger partial charge in [0.25, 0.3) is 6.01 Å². The highest BCUT2D eigenvalue weighted by Crippen LogP contribution is 2.14. The summed E-state index contributed by atoms with van der Waals surface area (Å²) in [4.78, 5) is 21.5. The first-order valence-corrected chi connectivity index (χ1v) is 5.94. The second kappa shape index (κ2) is 5.99. The van der Waals surface area contributed by atoms with Gasteiger partial charge in [-0.2, -0.15) is 4.98 Å². The van der Waals surface area contributed by atoms with E-state index >= 15 is 0 Å². The topological polar surface area (TPSA) is 68.5 Å². The summed E-state index contributed by atoms with van der Waals surface area (Å²) in [6.45, 7) is 2.60. The Morgan fingerprint density at radius 2 is 2.32 bits per heavy atom. The van der Waals surface area contributed by atoms with Crippen LogP contribution in [0.3, 0.4) is 0 Å². The molecule has 2 rings (SSSR count). The number of ether oxygens (including phenoxy) is 1. The molecule has 0 aromatic carbocycles. The molecule has 2 aromatic heterocycles. The van der Waals surface area contributed by atoms with Gasteiger partial charge in [-0.15, -0.1) is 0 Å². The van der Waals surface area contributed by atoms with Crippen molar-refractivity contribution < 1.29 is 13.9 Å². The molecule has 2 aromatic rings. The second-order valence-corrected chi connectivity index (χ2v) is 3.91. The lowest BCUT2D eigenvalue weighted by Gasteiger charge is -2.13. The van der Waals surface area contributed by atoms with Crippen molar-refractivity contribution in [3.8, 4) is 0 Å². The fourth-order valence-corrected chi connectivity index (χ4v) is 1.54. The highest BCUT2D eigenvalue weighted by atomic mass is 16.5. The molecule has 0 saturated carbocycles. The molecular weight excluding hydrogens is 246 g/mol. The highest BCUT2D eigenvalue weighted by molar-refractivity contribution is 5.87. The average molecular weight is 261 g/mol. The first kappa shape index (κ1) is 13.1. The predicted octanol–water partition coefficient (Wildman–Crippen LogP) is 1.88. The summed E-state index contributed by atoms with van der Waals surface area (Å²) >= 11 is 0. The number of oxazole rings is 1. The molecule has 0 amide bonds. The van der Waals surface area contributed by atoms with Gasteiger partial charge in [-0.25, -0.2) is 4.79 Å². The lowest BCUT2D eigenvalue weighted by molar-refractivity contribution is 0.0519. The minimum absolute atomic E-state index is 0.171. The molecule has 6 heteroatoms. The molecule has 0 aliphatic heterocycles. The molecule has 0 aliphatic carbocycles. The van der Waals surface area contributed by atoms with Crippen LogP contribution in [-0.4, -0.2) is 29.6 Å². The Morgan fingerprint density at radius 1 is 1.47 bits per heavy atom. The molecule has 0 fully saturated rings. The number of carbonyl (C=O) groups is 1. The minimum Gasteiger partial charge on any atom is -0.461 e. The van der Waals surface area contributed by atoms with Crippen LogP contribution >= 0.6 is 0 Å². The van der Waals surface area contributed by atoms with E-state index in [4.69, 9.17) is 9.15 Å². The summed E-state index contributed by atoms with van der Waals surface area (Å²) in [5.74, 6) is -0.483. The molecule has 6 nitrogen and oxygen atoms in total. The van der Waals surface area contributed by atoms with Crippen LogP contribution in [0.5, 0.6) is 0 Å². The normalized spacial score (nSPS) is 10.2. The number of esters is 1. The van der Waals surface area contributed by atoms with E-state index in [0.29, 0.717) is 19.2 Å². The number of carbonyl (C=O) groups excluding carboxylic acids is 1.